The Balaban J connectivity index is 1.76. The summed E-state index contributed by atoms with van der Waals surface area (Å²) in [4.78, 5) is 23.7. The van der Waals surface area contributed by atoms with Gasteiger partial charge in [0.2, 0.25) is 5.91 Å². The van der Waals surface area contributed by atoms with Crippen LogP contribution in [0.25, 0.3) is 6.08 Å². The summed E-state index contributed by atoms with van der Waals surface area (Å²) in [6, 6.07) is 6.57. The van der Waals surface area contributed by atoms with E-state index in [4.69, 9.17) is 23.2 Å². The number of hydrogen-bond acceptors (Lipinski definition) is 3. The molecule has 0 atom stereocenters. The lowest BCUT2D eigenvalue weighted by atomic mass is 10.2. The Morgan fingerprint density at radius 2 is 1.80 bits per heavy atom. The molecule has 2 rings (SSSR count). The summed E-state index contributed by atoms with van der Waals surface area (Å²) in [5.74, 6) is -0.501. The predicted octanol–water partition coefficient (Wildman–Crippen LogP) is 2.59. The van der Waals surface area contributed by atoms with Gasteiger partial charge in [-0.25, -0.2) is 0 Å². The fraction of sp³-hybridized carbons (Fsp3) is 0.235. The van der Waals surface area contributed by atoms with Gasteiger partial charge in [-0.2, -0.15) is 5.10 Å². The summed E-state index contributed by atoms with van der Waals surface area (Å²) in [5.41, 5.74) is 1.96. The summed E-state index contributed by atoms with van der Waals surface area (Å²) in [6.45, 7) is 2.44. The molecule has 0 spiro atoms. The van der Waals surface area contributed by atoms with Crippen molar-refractivity contribution in [2.75, 3.05) is 13.1 Å². The maximum atomic E-state index is 11.9. The number of benzene rings is 1. The Morgan fingerprint density at radius 3 is 2.40 bits per heavy atom. The first kappa shape index (κ1) is 19.0. The van der Waals surface area contributed by atoms with Crippen LogP contribution in [-0.2, 0) is 11.8 Å². The van der Waals surface area contributed by atoms with E-state index in [9.17, 15) is 9.59 Å². The van der Waals surface area contributed by atoms with Crippen LogP contribution in [0.5, 0.6) is 0 Å². The molecule has 2 aromatic rings. The van der Waals surface area contributed by atoms with Gasteiger partial charge in [0, 0.05) is 42.4 Å². The zero-order valence-electron chi connectivity index (χ0n) is 13.8. The van der Waals surface area contributed by atoms with Gasteiger partial charge in [-0.1, -0.05) is 23.2 Å². The number of halogens is 2. The summed E-state index contributed by atoms with van der Waals surface area (Å²) in [5, 5.41) is 10.6. The molecular weight excluding hydrogens is 363 g/mol. The zero-order valence-corrected chi connectivity index (χ0v) is 15.4. The molecule has 2 N–H and O–H groups in total. The van der Waals surface area contributed by atoms with E-state index in [1.54, 1.807) is 42.1 Å². The molecule has 0 saturated heterocycles. The van der Waals surface area contributed by atoms with Crippen LogP contribution in [0, 0.1) is 6.92 Å². The molecule has 25 heavy (non-hydrogen) atoms. The highest BCUT2D eigenvalue weighted by atomic mass is 35.5. The highest BCUT2D eigenvalue weighted by Gasteiger charge is 2.08. The number of aryl methyl sites for hydroxylation is 2. The number of nitrogens with one attached hydrogen (secondary N) is 2. The van der Waals surface area contributed by atoms with E-state index in [-0.39, 0.29) is 11.8 Å². The number of carbonyl (C=O) groups is 2. The molecular formula is C17H18Cl2N4O2. The normalized spacial score (nSPS) is 10.9. The number of amides is 2. The number of aromatic nitrogens is 2. The second-order valence-electron chi connectivity index (χ2n) is 5.30. The van der Waals surface area contributed by atoms with Crippen molar-refractivity contribution in [1.29, 1.82) is 0 Å². The van der Waals surface area contributed by atoms with Crippen LogP contribution < -0.4 is 10.6 Å². The van der Waals surface area contributed by atoms with Crippen molar-refractivity contribution in [2.45, 2.75) is 6.92 Å². The third-order valence-corrected chi connectivity index (χ3v) is 4.11. The molecule has 0 aliphatic heterocycles. The molecule has 0 aliphatic rings. The number of carbonyl (C=O) groups excluding carboxylic acids is 2. The zero-order chi connectivity index (χ0) is 18.4. The minimum absolute atomic E-state index is 0.223. The third-order valence-electron chi connectivity index (χ3n) is 3.41. The van der Waals surface area contributed by atoms with Crippen molar-refractivity contribution in [3.8, 4) is 0 Å². The van der Waals surface area contributed by atoms with Crippen molar-refractivity contribution in [2.24, 2.45) is 7.05 Å². The molecule has 0 bridgehead atoms. The number of rotatable bonds is 6. The van der Waals surface area contributed by atoms with Crippen LogP contribution in [0.4, 0.5) is 0 Å². The van der Waals surface area contributed by atoms with E-state index >= 15 is 0 Å². The summed E-state index contributed by atoms with van der Waals surface area (Å²) < 4.78 is 1.54. The molecule has 1 aromatic heterocycles. The molecule has 6 nitrogen and oxygen atoms in total. The molecule has 132 valence electrons. The lowest BCUT2D eigenvalue weighted by Crippen LogP contribution is -2.33. The van der Waals surface area contributed by atoms with Crippen LogP contribution in [0.3, 0.4) is 0 Å². The molecule has 0 unspecified atom stereocenters. The quantitative estimate of drug-likeness (QED) is 0.597. The van der Waals surface area contributed by atoms with Crippen molar-refractivity contribution < 1.29 is 9.59 Å². The fourth-order valence-electron chi connectivity index (χ4n) is 2.12. The van der Waals surface area contributed by atoms with Gasteiger partial charge in [0.15, 0.2) is 0 Å². The number of hydrogen-bond donors (Lipinski definition) is 2. The summed E-state index contributed by atoms with van der Waals surface area (Å²) >= 11 is 11.9. The van der Waals surface area contributed by atoms with E-state index in [0.717, 1.165) is 5.69 Å². The average molecular weight is 381 g/mol. The Morgan fingerprint density at radius 1 is 1.16 bits per heavy atom. The first-order valence-electron chi connectivity index (χ1n) is 7.57. The van der Waals surface area contributed by atoms with Crippen LogP contribution >= 0.6 is 23.2 Å². The lowest BCUT2D eigenvalue weighted by molar-refractivity contribution is -0.116. The van der Waals surface area contributed by atoms with Crippen molar-refractivity contribution in [3.05, 3.63) is 57.3 Å². The van der Waals surface area contributed by atoms with E-state index in [2.05, 4.69) is 15.7 Å². The van der Waals surface area contributed by atoms with Gasteiger partial charge >= 0.3 is 0 Å². The molecule has 0 radical (unpaired) electrons. The van der Waals surface area contributed by atoms with Gasteiger partial charge in [-0.15, -0.1) is 0 Å². The smallest absolute Gasteiger partial charge is 0.251 e. The van der Waals surface area contributed by atoms with Gasteiger partial charge in [0.1, 0.15) is 5.15 Å². The fourth-order valence-corrected chi connectivity index (χ4v) is 2.48. The first-order valence-corrected chi connectivity index (χ1v) is 8.33. The summed E-state index contributed by atoms with van der Waals surface area (Å²) in [7, 11) is 1.73. The first-order chi connectivity index (χ1) is 11.9. The van der Waals surface area contributed by atoms with Crippen LogP contribution in [0.15, 0.2) is 30.3 Å². The Bertz CT molecular complexity index is 798. The molecule has 0 saturated carbocycles. The molecule has 8 heteroatoms. The largest absolute Gasteiger partial charge is 0.351 e. The number of nitrogens with zero attached hydrogens (tertiary/aromatic N) is 2. The summed E-state index contributed by atoms with van der Waals surface area (Å²) in [6.07, 6.45) is 3.00. The van der Waals surface area contributed by atoms with Crippen molar-refractivity contribution in [3.63, 3.8) is 0 Å². The van der Waals surface area contributed by atoms with Crippen LogP contribution in [0.1, 0.15) is 21.6 Å². The van der Waals surface area contributed by atoms with Gasteiger partial charge in [-0.05, 0) is 37.3 Å². The Labute approximate surface area is 155 Å². The topological polar surface area (TPSA) is 76.0 Å². The van der Waals surface area contributed by atoms with E-state index in [1.165, 1.54) is 6.08 Å². The maximum Gasteiger partial charge on any atom is 0.251 e. The minimum atomic E-state index is -0.278. The highest BCUT2D eigenvalue weighted by molar-refractivity contribution is 6.31. The highest BCUT2D eigenvalue weighted by Crippen LogP contribution is 2.19. The van der Waals surface area contributed by atoms with Gasteiger partial charge in [0.05, 0.1) is 5.69 Å². The van der Waals surface area contributed by atoms with Crippen molar-refractivity contribution >= 4 is 41.1 Å². The average Bonchev–Trinajstić information content (AvgIpc) is 2.82. The predicted molar refractivity (Wildman–Crippen MR) is 98.8 cm³/mol. The Hall–Kier alpha value is -2.31. The SMILES string of the molecule is Cc1nn(C)c(Cl)c1/C=C/C(=O)NCCNC(=O)c1ccc(Cl)cc1. The molecule has 0 aliphatic carbocycles. The second-order valence-corrected chi connectivity index (χ2v) is 6.10. The van der Waals surface area contributed by atoms with Crippen molar-refractivity contribution in [1.82, 2.24) is 20.4 Å². The molecule has 1 heterocycles. The standard InChI is InChI=1S/C17H18Cl2N4O2/c1-11-14(16(19)23(2)22-11)7-8-15(24)20-9-10-21-17(25)12-3-5-13(18)6-4-12/h3-8H,9-10H2,1-2H3,(H,20,24)(H,21,25)/b8-7+. The van der Waals surface area contributed by atoms with E-state index in [0.29, 0.717) is 34.4 Å². The third kappa shape index (κ3) is 5.34. The Kier molecular flexibility index (Phi) is 6.61. The molecule has 2 amide bonds. The van der Waals surface area contributed by atoms with Gasteiger partial charge < -0.3 is 10.6 Å². The molecule has 1 aromatic carbocycles. The van der Waals surface area contributed by atoms with Crippen LogP contribution in [0.2, 0.25) is 10.2 Å². The van der Waals surface area contributed by atoms with E-state index < -0.39 is 0 Å². The van der Waals surface area contributed by atoms with Crippen LogP contribution in [-0.4, -0.2) is 34.7 Å². The monoisotopic (exact) mass is 380 g/mol. The van der Waals surface area contributed by atoms with E-state index in [1.807, 2.05) is 6.92 Å². The molecule has 0 fully saturated rings. The minimum Gasteiger partial charge on any atom is -0.351 e. The maximum absolute atomic E-state index is 11.9. The lowest BCUT2D eigenvalue weighted by Gasteiger charge is -2.06. The second kappa shape index (κ2) is 8.69. The van der Waals surface area contributed by atoms with Gasteiger partial charge in [-0.3, -0.25) is 14.3 Å². The van der Waals surface area contributed by atoms with Gasteiger partial charge in [0.25, 0.3) is 5.91 Å².